The molecule has 1 aliphatic rings. The summed E-state index contributed by atoms with van der Waals surface area (Å²) in [4.78, 5) is 23.5. The van der Waals surface area contributed by atoms with Crippen molar-refractivity contribution in [2.45, 2.75) is 6.42 Å². The summed E-state index contributed by atoms with van der Waals surface area (Å²) in [5.41, 5.74) is 0. The molecule has 84 valence electrons. The third-order valence-electron chi connectivity index (χ3n) is 2.19. The zero-order chi connectivity index (χ0) is 11.1. The zero-order valence-corrected chi connectivity index (χ0v) is 8.95. The van der Waals surface area contributed by atoms with Crippen LogP contribution in [0, 0.1) is 0 Å². The van der Waals surface area contributed by atoms with Gasteiger partial charge in [-0.05, 0) is 26.6 Å². The summed E-state index contributed by atoms with van der Waals surface area (Å²) < 4.78 is 0. The Bertz CT molecular complexity index is 245. The first-order chi connectivity index (χ1) is 7.25. The van der Waals surface area contributed by atoms with Gasteiger partial charge in [0, 0.05) is 25.2 Å². The van der Waals surface area contributed by atoms with Crippen molar-refractivity contribution < 1.29 is 9.59 Å². The molecule has 0 saturated carbocycles. The van der Waals surface area contributed by atoms with Gasteiger partial charge in [-0.15, -0.1) is 0 Å². The van der Waals surface area contributed by atoms with Gasteiger partial charge in [0.25, 0.3) is 11.8 Å². The maximum Gasteiger partial charge on any atom is 0.253 e. The van der Waals surface area contributed by atoms with Gasteiger partial charge >= 0.3 is 0 Å². The number of nitrogens with one attached hydrogen (secondary N) is 2. The highest BCUT2D eigenvalue weighted by molar-refractivity contribution is 6.12. The van der Waals surface area contributed by atoms with Gasteiger partial charge in [-0.1, -0.05) is 0 Å². The number of carbonyl (C=O) groups excluding carboxylic acids is 2. The molecule has 0 aromatic rings. The molecule has 1 rings (SSSR count). The van der Waals surface area contributed by atoms with E-state index in [4.69, 9.17) is 0 Å². The molecule has 2 N–H and O–H groups in total. The number of amides is 2. The van der Waals surface area contributed by atoms with E-state index in [0.29, 0.717) is 13.1 Å². The molecule has 0 fully saturated rings. The summed E-state index contributed by atoms with van der Waals surface area (Å²) in [6.45, 7) is 2.97. The van der Waals surface area contributed by atoms with Crippen LogP contribution in [0.25, 0.3) is 0 Å². The van der Waals surface area contributed by atoms with Crippen molar-refractivity contribution in [2.75, 3.05) is 33.2 Å². The molecule has 1 heterocycles. The van der Waals surface area contributed by atoms with Crippen molar-refractivity contribution in [1.29, 1.82) is 0 Å². The minimum absolute atomic E-state index is 0.211. The number of carbonyl (C=O) groups is 2. The monoisotopic (exact) mass is 211 g/mol. The van der Waals surface area contributed by atoms with Crippen molar-refractivity contribution in [3.63, 3.8) is 0 Å². The van der Waals surface area contributed by atoms with Crippen LogP contribution in [0.1, 0.15) is 6.42 Å². The molecule has 0 atom stereocenters. The lowest BCUT2D eigenvalue weighted by atomic mass is 10.4. The third kappa shape index (κ3) is 3.81. The summed E-state index contributed by atoms with van der Waals surface area (Å²) in [6.07, 6.45) is 3.66. The lowest BCUT2D eigenvalue weighted by molar-refractivity contribution is -0.136. The van der Waals surface area contributed by atoms with Crippen LogP contribution < -0.4 is 10.6 Å². The van der Waals surface area contributed by atoms with Gasteiger partial charge in [-0.25, -0.2) is 0 Å². The van der Waals surface area contributed by atoms with Crippen LogP contribution in [0.4, 0.5) is 0 Å². The van der Waals surface area contributed by atoms with E-state index in [1.807, 2.05) is 7.05 Å². The molecule has 0 bridgehead atoms. The standard InChI is InChI=1S/C10H17N3O2/c1-11-5-2-6-12-7-8-13-9(14)3-4-10(13)15/h3-4,11-12H,2,5-8H2,1H3. The molecule has 1 aliphatic heterocycles. The summed E-state index contributed by atoms with van der Waals surface area (Å²) in [6, 6.07) is 0. The van der Waals surface area contributed by atoms with Crippen molar-refractivity contribution in [3.05, 3.63) is 12.2 Å². The maximum absolute atomic E-state index is 11.1. The molecule has 0 aromatic heterocycles. The predicted octanol–water partition coefficient (Wildman–Crippen LogP) is -0.889. The van der Waals surface area contributed by atoms with Crippen molar-refractivity contribution in [1.82, 2.24) is 15.5 Å². The van der Waals surface area contributed by atoms with E-state index < -0.39 is 0 Å². The van der Waals surface area contributed by atoms with Gasteiger partial charge in [0.05, 0.1) is 0 Å². The Morgan fingerprint density at radius 3 is 2.40 bits per heavy atom. The van der Waals surface area contributed by atoms with Crippen LogP contribution in [-0.2, 0) is 9.59 Å². The van der Waals surface area contributed by atoms with Crippen LogP contribution in [0.2, 0.25) is 0 Å². The Hall–Kier alpha value is -1.20. The van der Waals surface area contributed by atoms with E-state index in [9.17, 15) is 9.59 Å². The fourth-order valence-electron chi connectivity index (χ4n) is 1.36. The van der Waals surface area contributed by atoms with Crippen molar-refractivity contribution in [3.8, 4) is 0 Å². The highest BCUT2D eigenvalue weighted by Gasteiger charge is 2.21. The summed E-state index contributed by atoms with van der Waals surface area (Å²) in [5.74, 6) is -0.422. The minimum Gasteiger partial charge on any atom is -0.320 e. The fraction of sp³-hybridized carbons (Fsp3) is 0.600. The molecule has 0 spiro atoms. The summed E-state index contributed by atoms with van der Waals surface area (Å²) in [7, 11) is 1.91. The van der Waals surface area contributed by atoms with Crippen molar-refractivity contribution >= 4 is 11.8 Å². The van der Waals surface area contributed by atoms with Crippen LogP contribution in [0.5, 0.6) is 0 Å². The third-order valence-corrected chi connectivity index (χ3v) is 2.19. The molecule has 0 aromatic carbocycles. The predicted molar refractivity (Wildman–Crippen MR) is 57.3 cm³/mol. The molecule has 0 aliphatic carbocycles. The first-order valence-electron chi connectivity index (χ1n) is 5.14. The van der Waals surface area contributed by atoms with Gasteiger partial charge < -0.3 is 10.6 Å². The average Bonchev–Trinajstić information content (AvgIpc) is 2.54. The molecule has 0 radical (unpaired) electrons. The van der Waals surface area contributed by atoms with E-state index in [2.05, 4.69) is 10.6 Å². The van der Waals surface area contributed by atoms with E-state index in [-0.39, 0.29) is 11.8 Å². The van der Waals surface area contributed by atoms with Gasteiger partial charge in [-0.2, -0.15) is 0 Å². The fourth-order valence-corrected chi connectivity index (χ4v) is 1.36. The van der Waals surface area contributed by atoms with Gasteiger partial charge in [0.2, 0.25) is 0 Å². The van der Waals surface area contributed by atoms with Crippen LogP contribution in [0.15, 0.2) is 12.2 Å². The van der Waals surface area contributed by atoms with Gasteiger partial charge in [0.15, 0.2) is 0 Å². The Labute approximate surface area is 89.5 Å². The van der Waals surface area contributed by atoms with E-state index >= 15 is 0 Å². The first kappa shape index (κ1) is 11.9. The molecule has 2 amide bonds. The lowest BCUT2D eigenvalue weighted by Gasteiger charge is -2.13. The molecule has 15 heavy (non-hydrogen) atoms. The largest absolute Gasteiger partial charge is 0.320 e. The van der Waals surface area contributed by atoms with Crippen LogP contribution in [-0.4, -0.2) is 49.9 Å². The Morgan fingerprint density at radius 1 is 1.13 bits per heavy atom. The number of nitrogens with zero attached hydrogens (tertiary/aromatic N) is 1. The second kappa shape index (κ2) is 6.31. The number of hydrogen-bond acceptors (Lipinski definition) is 4. The lowest BCUT2D eigenvalue weighted by Crippen LogP contribution is -2.36. The molecular weight excluding hydrogens is 194 g/mol. The normalized spacial score (nSPS) is 15.4. The molecule has 5 nitrogen and oxygen atoms in total. The smallest absolute Gasteiger partial charge is 0.253 e. The molecule has 5 heteroatoms. The van der Waals surface area contributed by atoms with E-state index in [0.717, 1.165) is 19.5 Å². The maximum atomic E-state index is 11.1. The highest BCUT2D eigenvalue weighted by Crippen LogP contribution is 2.01. The quantitative estimate of drug-likeness (QED) is 0.424. The second-order valence-electron chi connectivity index (χ2n) is 3.37. The van der Waals surface area contributed by atoms with Crippen molar-refractivity contribution in [2.24, 2.45) is 0 Å². The summed E-state index contributed by atoms with van der Waals surface area (Å²) in [5, 5.41) is 6.22. The number of hydrogen-bond donors (Lipinski definition) is 2. The topological polar surface area (TPSA) is 61.4 Å². The first-order valence-corrected chi connectivity index (χ1v) is 5.14. The second-order valence-corrected chi connectivity index (χ2v) is 3.37. The summed E-state index contributed by atoms with van der Waals surface area (Å²) >= 11 is 0. The Morgan fingerprint density at radius 2 is 1.80 bits per heavy atom. The number of imide groups is 1. The zero-order valence-electron chi connectivity index (χ0n) is 8.95. The van der Waals surface area contributed by atoms with Crippen LogP contribution in [0.3, 0.4) is 0 Å². The Balaban J connectivity index is 2.05. The molecule has 0 saturated heterocycles. The van der Waals surface area contributed by atoms with Gasteiger partial charge in [-0.3, -0.25) is 14.5 Å². The van der Waals surface area contributed by atoms with E-state index in [1.54, 1.807) is 0 Å². The molecular formula is C10H17N3O2. The number of rotatable bonds is 7. The van der Waals surface area contributed by atoms with E-state index in [1.165, 1.54) is 17.1 Å². The highest BCUT2D eigenvalue weighted by atomic mass is 16.2. The average molecular weight is 211 g/mol. The minimum atomic E-state index is -0.211. The Kier molecular flexibility index (Phi) is 5.00. The van der Waals surface area contributed by atoms with Gasteiger partial charge in [0.1, 0.15) is 0 Å². The SMILES string of the molecule is CNCCCNCCN1C(=O)C=CC1=O. The van der Waals surface area contributed by atoms with Crippen LogP contribution >= 0.6 is 0 Å². The molecule has 0 unspecified atom stereocenters.